The third-order valence-corrected chi connectivity index (χ3v) is 7.09. The van der Waals surface area contributed by atoms with Gasteiger partial charge in [0.25, 0.3) is 10.0 Å². The highest BCUT2D eigenvalue weighted by Gasteiger charge is 2.19. The smallest absolute Gasteiger partial charge is 0.271 e. The molecule has 0 aliphatic heterocycles. The fourth-order valence-electron chi connectivity index (χ4n) is 1.68. The van der Waals surface area contributed by atoms with Crippen LogP contribution < -0.4 is 9.44 Å². The Balaban J connectivity index is 2.42. The maximum absolute atomic E-state index is 12.1. The van der Waals surface area contributed by atoms with E-state index in [0.717, 1.165) is 11.3 Å². The molecule has 1 aromatic heterocycles. The van der Waals surface area contributed by atoms with Crippen LogP contribution in [0.5, 0.6) is 0 Å². The molecular formula is C12H14N2O4S3. The summed E-state index contributed by atoms with van der Waals surface area (Å²) in [7, 11) is -6.04. The third-order valence-electron chi connectivity index (χ3n) is 2.76. The number of nitrogens with one attached hydrogen (secondary N) is 2. The second-order valence-electron chi connectivity index (χ2n) is 4.23. The lowest BCUT2D eigenvalue weighted by atomic mass is 10.2. The minimum Gasteiger partial charge on any atom is -0.279 e. The van der Waals surface area contributed by atoms with Gasteiger partial charge in [-0.3, -0.25) is 4.72 Å². The van der Waals surface area contributed by atoms with Gasteiger partial charge in [-0.25, -0.2) is 21.6 Å². The lowest BCUT2D eigenvalue weighted by Crippen LogP contribution is -2.20. The van der Waals surface area contributed by atoms with Crippen molar-refractivity contribution in [1.82, 2.24) is 4.72 Å². The van der Waals surface area contributed by atoms with Gasteiger partial charge >= 0.3 is 0 Å². The van der Waals surface area contributed by atoms with E-state index in [-0.39, 0.29) is 14.8 Å². The van der Waals surface area contributed by atoms with Gasteiger partial charge in [0.1, 0.15) is 4.21 Å². The first-order valence-electron chi connectivity index (χ1n) is 5.87. The van der Waals surface area contributed by atoms with Crippen LogP contribution in [0.4, 0.5) is 5.69 Å². The van der Waals surface area contributed by atoms with Crippen LogP contribution in [-0.2, 0) is 20.0 Å². The summed E-state index contributed by atoms with van der Waals surface area (Å²) < 4.78 is 52.7. The number of benzene rings is 1. The number of aryl methyl sites for hydroxylation is 1. The molecule has 2 rings (SSSR count). The molecule has 0 saturated heterocycles. The predicted octanol–water partition coefficient (Wildman–Crippen LogP) is 1.77. The molecule has 2 aromatic rings. The van der Waals surface area contributed by atoms with Gasteiger partial charge in [0.15, 0.2) is 0 Å². The Labute approximate surface area is 127 Å². The van der Waals surface area contributed by atoms with Crippen molar-refractivity contribution in [3.05, 3.63) is 41.3 Å². The zero-order valence-electron chi connectivity index (χ0n) is 11.3. The number of hydrogen-bond donors (Lipinski definition) is 2. The van der Waals surface area contributed by atoms with Gasteiger partial charge in [0.05, 0.1) is 10.6 Å². The summed E-state index contributed by atoms with van der Waals surface area (Å²) in [4.78, 5) is 0.0383. The van der Waals surface area contributed by atoms with Crippen LogP contribution in [0.3, 0.4) is 0 Å². The van der Waals surface area contributed by atoms with E-state index in [1.807, 2.05) is 0 Å². The van der Waals surface area contributed by atoms with E-state index in [1.165, 1.54) is 25.2 Å². The quantitative estimate of drug-likeness (QED) is 0.863. The molecule has 9 heteroatoms. The van der Waals surface area contributed by atoms with Gasteiger partial charge in [-0.15, -0.1) is 11.3 Å². The summed E-state index contributed by atoms with van der Waals surface area (Å²) in [6.07, 6.45) is 0. The first kappa shape index (κ1) is 16.0. The minimum atomic E-state index is -3.70. The topological polar surface area (TPSA) is 92.3 Å². The zero-order chi connectivity index (χ0) is 15.7. The molecule has 2 N–H and O–H groups in total. The Morgan fingerprint density at radius 3 is 2.33 bits per heavy atom. The lowest BCUT2D eigenvalue weighted by molar-refractivity contribution is 0.587. The molecule has 0 aliphatic carbocycles. The maximum atomic E-state index is 12.1. The fourth-order valence-corrected chi connectivity index (χ4v) is 4.72. The van der Waals surface area contributed by atoms with Crippen LogP contribution >= 0.6 is 11.3 Å². The van der Waals surface area contributed by atoms with Crippen molar-refractivity contribution >= 4 is 37.1 Å². The highest BCUT2D eigenvalue weighted by atomic mass is 32.2. The van der Waals surface area contributed by atoms with E-state index in [1.54, 1.807) is 24.4 Å². The predicted molar refractivity (Wildman–Crippen MR) is 82.6 cm³/mol. The first-order chi connectivity index (χ1) is 9.76. The van der Waals surface area contributed by atoms with Crippen molar-refractivity contribution in [1.29, 1.82) is 0 Å². The molecule has 1 heterocycles. The lowest BCUT2D eigenvalue weighted by Gasteiger charge is -2.10. The molecule has 0 amide bonds. The van der Waals surface area contributed by atoms with E-state index in [9.17, 15) is 16.8 Å². The van der Waals surface area contributed by atoms with Crippen LogP contribution in [0.25, 0.3) is 0 Å². The highest BCUT2D eigenvalue weighted by Crippen LogP contribution is 2.24. The average molecular weight is 346 g/mol. The van der Waals surface area contributed by atoms with E-state index >= 15 is 0 Å². The molecule has 1 aromatic carbocycles. The molecular weight excluding hydrogens is 332 g/mol. The van der Waals surface area contributed by atoms with Gasteiger partial charge in [-0.05, 0) is 43.1 Å². The summed E-state index contributed by atoms with van der Waals surface area (Å²) in [6, 6.07) is 7.48. The maximum Gasteiger partial charge on any atom is 0.271 e. The Morgan fingerprint density at radius 2 is 1.76 bits per heavy atom. The van der Waals surface area contributed by atoms with Gasteiger partial charge in [0, 0.05) is 0 Å². The molecule has 0 atom stereocenters. The molecule has 0 bridgehead atoms. The van der Waals surface area contributed by atoms with Crippen LogP contribution in [0, 0.1) is 6.92 Å². The molecule has 0 radical (unpaired) electrons. The van der Waals surface area contributed by atoms with Crippen molar-refractivity contribution < 1.29 is 16.8 Å². The molecule has 21 heavy (non-hydrogen) atoms. The molecule has 0 saturated carbocycles. The van der Waals surface area contributed by atoms with E-state index in [0.29, 0.717) is 5.56 Å². The number of rotatable bonds is 5. The van der Waals surface area contributed by atoms with Crippen LogP contribution in [0.15, 0.2) is 44.8 Å². The van der Waals surface area contributed by atoms with Crippen LogP contribution in [0.1, 0.15) is 5.56 Å². The Hall–Kier alpha value is -1.42. The van der Waals surface area contributed by atoms with Crippen molar-refractivity contribution in [2.45, 2.75) is 16.0 Å². The number of sulfonamides is 2. The monoisotopic (exact) mass is 346 g/mol. The van der Waals surface area contributed by atoms with Gasteiger partial charge in [-0.2, -0.15) is 0 Å². The highest BCUT2D eigenvalue weighted by molar-refractivity contribution is 7.94. The first-order valence-corrected chi connectivity index (χ1v) is 9.71. The second kappa shape index (κ2) is 5.76. The van der Waals surface area contributed by atoms with E-state index in [4.69, 9.17) is 0 Å². The number of anilines is 1. The summed E-state index contributed by atoms with van der Waals surface area (Å²) >= 11 is 1.09. The van der Waals surface area contributed by atoms with Gasteiger partial charge in [-0.1, -0.05) is 12.1 Å². The molecule has 6 nitrogen and oxygen atoms in total. The van der Waals surface area contributed by atoms with Crippen molar-refractivity contribution in [2.24, 2.45) is 0 Å². The SMILES string of the molecule is CNS(=O)(=O)c1cc(NS(=O)(=O)c2cccs2)ccc1C. The van der Waals surface area contributed by atoms with E-state index in [2.05, 4.69) is 9.44 Å². The number of thiophene rings is 1. The summed E-state index contributed by atoms with van der Waals surface area (Å²) in [5, 5.41) is 1.65. The summed E-state index contributed by atoms with van der Waals surface area (Å²) in [6.45, 7) is 1.64. The molecule has 0 aliphatic rings. The largest absolute Gasteiger partial charge is 0.279 e. The molecule has 114 valence electrons. The molecule has 0 unspecified atom stereocenters. The average Bonchev–Trinajstić information content (AvgIpc) is 2.95. The standard InChI is InChI=1S/C12H14N2O4S3/c1-9-5-6-10(8-11(9)20(15,16)13-2)14-21(17,18)12-4-3-7-19-12/h3-8,13-14H,1-2H3. The fraction of sp³-hybridized carbons (Fsp3) is 0.167. The third kappa shape index (κ3) is 3.43. The zero-order valence-corrected chi connectivity index (χ0v) is 13.8. The summed E-state index contributed by atoms with van der Waals surface area (Å²) in [5.41, 5.74) is 0.728. The number of hydrogen-bond acceptors (Lipinski definition) is 5. The minimum absolute atomic E-state index is 0.0383. The Morgan fingerprint density at radius 1 is 1.05 bits per heavy atom. The Kier molecular flexibility index (Phi) is 4.38. The molecule has 0 spiro atoms. The van der Waals surface area contributed by atoms with Crippen LogP contribution in [-0.4, -0.2) is 23.9 Å². The van der Waals surface area contributed by atoms with Gasteiger partial charge < -0.3 is 0 Å². The summed E-state index contributed by atoms with van der Waals surface area (Å²) in [5.74, 6) is 0. The van der Waals surface area contributed by atoms with Crippen LogP contribution in [0.2, 0.25) is 0 Å². The normalized spacial score (nSPS) is 12.3. The van der Waals surface area contributed by atoms with Crippen molar-refractivity contribution in [3.63, 3.8) is 0 Å². The van der Waals surface area contributed by atoms with Crippen molar-refractivity contribution in [3.8, 4) is 0 Å². The van der Waals surface area contributed by atoms with E-state index < -0.39 is 20.0 Å². The molecule has 0 fully saturated rings. The van der Waals surface area contributed by atoms with Crippen molar-refractivity contribution in [2.75, 3.05) is 11.8 Å². The second-order valence-corrected chi connectivity index (χ2v) is 8.94. The Bertz CT molecular complexity index is 841. The van der Waals surface area contributed by atoms with Gasteiger partial charge in [0.2, 0.25) is 10.0 Å².